The van der Waals surface area contributed by atoms with Gasteiger partial charge < -0.3 is 4.74 Å². The van der Waals surface area contributed by atoms with Crippen LogP contribution in [0.2, 0.25) is 0 Å². The molecule has 0 unspecified atom stereocenters. The lowest BCUT2D eigenvalue weighted by molar-refractivity contribution is -0.135. The molecule has 0 fully saturated rings. The third-order valence-corrected chi connectivity index (χ3v) is 1.68. The molecule has 0 atom stereocenters. The van der Waals surface area contributed by atoms with Crippen molar-refractivity contribution >= 4 is 5.97 Å². The lowest BCUT2D eigenvalue weighted by atomic mass is 10.2. The fraction of sp³-hybridized carbons (Fsp3) is 0.273. The minimum absolute atomic E-state index is 0.194. The van der Waals surface area contributed by atoms with Gasteiger partial charge in [0.1, 0.15) is 11.8 Å². The standard InChI is InChI=1S/C11H12N2O2/c1-13(2)8-11(14)15-10-6-4-3-5-9(10)7-12/h3-6H,8H2,1-2H3. The van der Waals surface area contributed by atoms with E-state index >= 15 is 0 Å². The highest BCUT2D eigenvalue weighted by molar-refractivity contribution is 5.75. The first kappa shape index (κ1) is 11.2. The second kappa shape index (κ2) is 5.13. The first-order chi connectivity index (χ1) is 7.13. The van der Waals surface area contributed by atoms with Crippen LogP contribution in [0.15, 0.2) is 24.3 Å². The van der Waals surface area contributed by atoms with Crippen LogP contribution < -0.4 is 4.74 Å². The maximum absolute atomic E-state index is 11.3. The minimum Gasteiger partial charge on any atom is -0.424 e. The molecule has 0 saturated carbocycles. The second-order valence-electron chi connectivity index (χ2n) is 3.32. The number of benzene rings is 1. The van der Waals surface area contributed by atoms with Gasteiger partial charge in [0.05, 0.1) is 12.1 Å². The quantitative estimate of drug-likeness (QED) is 0.545. The van der Waals surface area contributed by atoms with Gasteiger partial charge >= 0.3 is 5.97 Å². The number of nitrogens with zero attached hydrogens (tertiary/aromatic N) is 2. The molecular formula is C11H12N2O2. The van der Waals surface area contributed by atoms with Crippen LogP contribution in [0.4, 0.5) is 0 Å². The van der Waals surface area contributed by atoms with Crippen molar-refractivity contribution in [3.63, 3.8) is 0 Å². The predicted octanol–water partition coefficient (Wildman–Crippen LogP) is 1.03. The summed E-state index contributed by atoms with van der Waals surface area (Å²) in [5.41, 5.74) is 0.365. The molecule has 0 amide bonds. The monoisotopic (exact) mass is 204 g/mol. The van der Waals surface area contributed by atoms with Crippen LogP contribution in [0, 0.1) is 11.3 Å². The first-order valence-electron chi connectivity index (χ1n) is 4.48. The number of rotatable bonds is 3. The zero-order valence-electron chi connectivity index (χ0n) is 8.73. The van der Waals surface area contributed by atoms with E-state index in [9.17, 15) is 4.79 Å². The van der Waals surface area contributed by atoms with Crippen LogP contribution in [0.1, 0.15) is 5.56 Å². The number of carbonyl (C=O) groups excluding carboxylic acids is 1. The third kappa shape index (κ3) is 3.41. The van der Waals surface area contributed by atoms with E-state index in [-0.39, 0.29) is 12.5 Å². The van der Waals surface area contributed by atoms with Crippen molar-refractivity contribution < 1.29 is 9.53 Å². The Labute approximate surface area is 88.7 Å². The summed E-state index contributed by atoms with van der Waals surface area (Å²) in [6.45, 7) is 0.194. The molecule has 0 radical (unpaired) electrons. The molecule has 0 spiro atoms. The molecule has 4 nitrogen and oxygen atoms in total. The number of esters is 1. The van der Waals surface area contributed by atoms with Gasteiger partial charge in [-0.05, 0) is 26.2 Å². The van der Waals surface area contributed by atoms with Gasteiger partial charge in [-0.3, -0.25) is 9.69 Å². The normalized spacial score (nSPS) is 9.73. The minimum atomic E-state index is -0.372. The highest BCUT2D eigenvalue weighted by Crippen LogP contribution is 2.16. The maximum Gasteiger partial charge on any atom is 0.325 e. The summed E-state index contributed by atoms with van der Waals surface area (Å²) in [5, 5.41) is 8.76. The lowest BCUT2D eigenvalue weighted by Crippen LogP contribution is -2.25. The molecule has 0 bridgehead atoms. The van der Waals surface area contributed by atoms with Gasteiger partial charge in [-0.2, -0.15) is 5.26 Å². The van der Waals surface area contributed by atoms with E-state index in [1.807, 2.05) is 6.07 Å². The van der Waals surface area contributed by atoms with E-state index in [1.54, 1.807) is 43.3 Å². The number of carbonyl (C=O) groups is 1. The van der Waals surface area contributed by atoms with Crippen LogP contribution in [-0.2, 0) is 4.79 Å². The molecule has 15 heavy (non-hydrogen) atoms. The molecule has 1 aromatic carbocycles. The topological polar surface area (TPSA) is 53.3 Å². The average molecular weight is 204 g/mol. The molecule has 0 saturated heterocycles. The van der Waals surface area contributed by atoms with Gasteiger partial charge in [0, 0.05) is 0 Å². The Balaban J connectivity index is 2.73. The number of ether oxygens (including phenoxy) is 1. The van der Waals surface area contributed by atoms with E-state index in [0.717, 1.165) is 0 Å². The highest BCUT2D eigenvalue weighted by atomic mass is 16.5. The highest BCUT2D eigenvalue weighted by Gasteiger charge is 2.08. The van der Waals surface area contributed by atoms with E-state index in [4.69, 9.17) is 10.00 Å². The predicted molar refractivity (Wildman–Crippen MR) is 55.3 cm³/mol. The summed E-state index contributed by atoms with van der Waals surface area (Å²) in [6, 6.07) is 8.62. The molecule has 0 aliphatic carbocycles. The van der Waals surface area contributed by atoms with E-state index in [1.165, 1.54) is 0 Å². The Morgan fingerprint density at radius 2 is 2.13 bits per heavy atom. The van der Waals surface area contributed by atoms with Gasteiger partial charge in [0.25, 0.3) is 0 Å². The van der Waals surface area contributed by atoms with Gasteiger partial charge in [-0.25, -0.2) is 0 Å². The van der Waals surface area contributed by atoms with Crippen molar-refractivity contribution in [1.29, 1.82) is 5.26 Å². The number of nitriles is 1. The molecule has 0 aliphatic heterocycles. The van der Waals surface area contributed by atoms with E-state index in [2.05, 4.69) is 0 Å². The second-order valence-corrected chi connectivity index (χ2v) is 3.32. The number of para-hydroxylation sites is 1. The van der Waals surface area contributed by atoms with Gasteiger partial charge in [-0.15, -0.1) is 0 Å². The molecule has 1 rings (SSSR count). The van der Waals surface area contributed by atoms with Gasteiger partial charge in [0.15, 0.2) is 0 Å². The Bertz CT molecular complexity index is 394. The molecule has 0 N–H and O–H groups in total. The van der Waals surface area contributed by atoms with Crippen molar-refractivity contribution in [2.24, 2.45) is 0 Å². The van der Waals surface area contributed by atoms with Crippen molar-refractivity contribution in [2.75, 3.05) is 20.6 Å². The number of hydrogen-bond donors (Lipinski definition) is 0. The van der Waals surface area contributed by atoms with Crippen LogP contribution in [0.25, 0.3) is 0 Å². The van der Waals surface area contributed by atoms with E-state index < -0.39 is 0 Å². The zero-order chi connectivity index (χ0) is 11.3. The molecule has 78 valence electrons. The lowest BCUT2D eigenvalue weighted by Gasteiger charge is -2.09. The van der Waals surface area contributed by atoms with Crippen molar-refractivity contribution in [2.45, 2.75) is 0 Å². The Morgan fingerprint density at radius 3 is 2.73 bits per heavy atom. The van der Waals surface area contributed by atoms with E-state index in [0.29, 0.717) is 11.3 Å². The maximum atomic E-state index is 11.3. The summed E-state index contributed by atoms with van der Waals surface area (Å²) in [6.07, 6.45) is 0. The summed E-state index contributed by atoms with van der Waals surface area (Å²) in [7, 11) is 3.55. The SMILES string of the molecule is CN(C)CC(=O)Oc1ccccc1C#N. The van der Waals surface area contributed by atoms with Crippen molar-refractivity contribution in [3.8, 4) is 11.8 Å². The summed E-state index contributed by atoms with van der Waals surface area (Å²) < 4.78 is 5.04. The summed E-state index contributed by atoms with van der Waals surface area (Å²) in [4.78, 5) is 13.0. The average Bonchev–Trinajstić information content (AvgIpc) is 2.17. The molecule has 0 aliphatic rings. The Kier molecular flexibility index (Phi) is 3.83. The molecule has 4 heteroatoms. The summed E-state index contributed by atoms with van der Waals surface area (Å²) in [5.74, 6) is -0.0606. The third-order valence-electron chi connectivity index (χ3n) is 1.68. The number of hydrogen-bond acceptors (Lipinski definition) is 4. The fourth-order valence-electron chi connectivity index (χ4n) is 1.06. The van der Waals surface area contributed by atoms with Crippen molar-refractivity contribution in [1.82, 2.24) is 4.90 Å². The zero-order valence-corrected chi connectivity index (χ0v) is 8.73. The molecular weight excluding hydrogens is 192 g/mol. The van der Waals surface area contributed by atoms with Crippen LogP contribution in [0.3, 0.4) is 0 Å². The van der Waals surface area contributed by atoms with Crippen LogP contribution in [0.5, 0.6) is 5.75 Å². The van der Waals surface area contributed by atoms with Crippen LogP contribution >= 0.6 is 0 Å². The first-order valence-corrected chi connectivity index (χ1v) is 4.48. The smallest absolute Gasteiger partial charge is 0.325 e. The molecule has 1 aromatic rings. The molecule has 0 aromatic heterocycles. The van der Waals surface area contributed by atoms with Gasteiger partial charge in [0.2, 0.25) is 0 Å². The van der Waals surface area contributed by atoms with Crippen LogP contribution in [-0.4, -0.2) is 31.5 Å². The van der Waals surface area contributed by atoms with Crippen molar-refractivity contribution in [3.05, 3.63) is 29.8 Å². The number of likely N-dealkylation sites (N-methyl/N-ethyl adjacent to an activating group) is 1. The Hall–Kier alpha value is -1.86. The summed E-state index contributed by atoms with van der Waals surface area (Å²) >= 11 is 0. The molecule has 0 heterocycles. The largest absolute Gasteiger partial charge is 0.424 e. The fourth-order valence-corrected chi connectivity index (χ4v) is 1.06. The Morgan fingerprint density at radius 1 is 1.47 bits per heavy atom. The van der Waals surface area contributed by atoms with Gasteiger partial charge in [-0.1, -0.05) is 12.1 Å².